The lowest BCUT2D eigenvalue weighted by Crippen LogP contribution is -2.40. The van der Waals surface area contributed by atoms with Crippen molar-refractivity contribution in [2.24, 2.45) is 17.8 Å². The molecule has 0 aromatic heterocycles. The van der Waals surface area contributed by atoms with E-state index < -0.39 is 0 Å². The first kappa shape index (κ1) is 12.5. The fourth-order valence-electron chi connectivity index (χ4n) is 4.52. The van der Waals surface area contributed by atoms with Gasteiger partial charge in [0.25, 0.3) is 0 Å². The van der Waals surface area contributed by atoms with Gasteiger partial charge in [0.15, 0.2) is 0 Å². The van der Waals surface area contributed by atoms with Crippen LogP contribution in [0.25, 0.3) is 0 Å². The zero-order valence-electron chi connectivity index (χ0n) is 11.5. The van der Waals surface area contributed by atoms with Crippen LogP contribution in [0.5, 0.6) is 0 Å². The number of nitrogens with zero attached hydrogens (tertiary/aromatic N) is 1. The van der Waals surface area contributed by atoms with E-state index in [0.717, 1.165) is 36.9 Å². The number of rotatable bonds is 1. The third-order valence-electron chi connectivity index (χ3n) is 5.58. The molecule has 0 aromatic carbocycles. The summed E-state index contributed by atoms with van der Waals surface area (Å²) in [5.41, 5.74) is 0. The van der Waals surface area contributed by atoms with Gasteiger partial charge in [0.05, 0.1) is 0 Å². The largest absolute Gasteiger partial charge is 0.343 e. The summed E-state index contributed by atoms with van der Waals surface area (Å²) >= 11 is 0. The van der Waals surface area contributed by atoms with Gasteiger partial charge in [-0.3, -0.25) is 4.79 Å². The first-order valence-electron chi connectivity index (χ1n) is 7.74. The highest BCUT2D eigenvalue weighted by Gasteiger charge is 2.41. The van der Waals surface area contributed by atoms with E-state index in [9.17, 15) is 4.79 Å². The molecule has 3 fully saturated rings. The maximum absolute atomic E-state index is 11.4. The minimum atomic E-state index is 0.258. The summed E-state index contributed by atoms with van der Waals surface area (Å²) in [4.78, 5) is 13.4. The summed E-state index contributed by atoms with van der Waals surface area (Å²) in [6.07, 6.45) is 8.16. The van der Waals surface area contributed by atoms with Crippen LogP contribution in [0.4, 0.5) is 0 Å². The third-order valence-corrected chi connectivity index (χ3v) is 5.58. The Bertz CT molecular complexity index is 310. The van der Waals surface area contributed by atoms with Crippen molar-refractivity contribution in [2.75, 3.05) is 19.6 Å². The molecule has 0 radical (unpaired) electrons. The van der Waals surface area contributed by atoms with Gasteiger partial charge in [-0.05, 0) is 50.0 Å². The third kappa shape index (κ3) is 2.29. The van der Waals surface area contributed by atoms with Crippen LogP contribution < -0.4 is 5.32 Å². The van der Waals surface area contributed by atoms with Crippen molar-refractivity contribution in [1.82, 2.24) is 10.2 Å². The van der Waals surface area contributed by atoms with Gasteiger partial charge in [-0.25, -0.2) is 0 Å². The molecule has 1 amide bonds. The number of piperidine rings is 1. The van der Waals surface area contributed by atoms with Crippen LogP contribution in [0.3, 0.4) is 0 Å². The predicted octanol–water partition coefficient (Wildman–Crippen LogP) is 2.02. The number of amides is 1. The molecular weight excluding hydrogens is 224 g/mol. The van der Waals surface area contributed by atoms with Crippen LogP contribution in [0.15, 0.2) is 0 Å². The minimum Gasteiger partial charge on any atom is -0.343 e. The van der Waals surface area contributed by atoms with E-state index in [2.05, 4.69) is 5.32 Å². The van der Waals surface area contributed by atoms with Crippen molar-refractivity contribution in [1.29, 1.82) is 0 Å². The SMILES string of the molecule is CC(=O)N1CCC(C2CNC3CCCCC32)CC1. The first-order chi connectivity index (χ1) is 8.75. The van der Waals surface area contributed by atoms with Crippen LogP contribution in [0.2, 0.25) is 0 Å². The number of nitrogens with one attached hydrogen (secondary N) is 1. The van der Waals surface area contributed by atoms with E-state index in [1.165, 1.54) is 45.1 Å². The van der Waals surface area contributed by atoms with Gasteiger partial charge in [-0.1, -0.05) is 12.8 Å². The molecule has 1 aliphatic carbocycles. The molecule has 2 heterocycles. The molecule has 0 bridgehead atoms. The van der Waals surface area contributed by atoms with Gasteiger partial charge in [-0.2, -0.15) is 0 Å². The second-order valence-corrected chi connectivity index (χ2v) is 6.47. The number of hydrogen-bond donors (Lipinski definition) is 1. The fraction of sp³-hybridized carbons (Fsp3) is 0.933. The van der Waals surface area contributed by atoms with Crippen molar-refractivity contribution in [3.63, 3.8) is 0 Å². The van der Waals surface area contributed by atoms with Gasteiger partial charge < -0.3 is 10.2 Å². The highest BCUT2D eigenvalue weighted by atomic mass is 16.2. The molecule has 18 heavy (non-hydrogen) atoms. The summed E-state index contributed by atoms with van der Waals surface area (Å²) in [7, 11) is 0. The minimum absolute atomic E-state index is 0.258. The Hall–Kier alpha value is -0.570. The number of carbonyl (C=O) groups is 1. The van der Waals surface area contributed by atoms with Crippen LogP contribution in [-0.4, -0.2) is 36.5 Å². The molecule has 3 nitrogen and oxygen atoms in total. The number of carbonyl (C=O) groups excluding carboxylic acids is 1. The molecule has 2 aliphatic heterocycles. The molecule has 3 unspecified atom stereocenters. The van der Waals surface area contributed by atoms with Gasteiger partial charge >= 0.3 is 0 Å². The average molecular weight is 250 g/mol. The zero-order chi connectivity index (χ0) is 12.5. The highest BCUT2D eigenvalue weighted by Crippen LogP contribution is 2.41. The Morgan fingerprint density at radius 1 is 1.06 bits per heavy atom. The van der Waals surface area contributed by atoms with E-state index in [4.69, 9.17) is 0 Å². The Morgan fingerprint density at radius 3 is 2.50 bits per heavy atom. The second kappa shape index (κ2) is 5.20. The molecule has 3 rings (SSSR count). The van der Waals surface area contributed by atoms with E-state index in [-0.39, 0.29) is 5.91 Å². The predicted molar refractivity (Wildman–Crippen MR) is 72.2 cm³/mol. The maximum atomic E-state index is 11.4. The Labute approximate surface area is 110 Å². The van der Waals surface area contributed by atoms with Gasteiger partial charge in [0.2, 0.25) is 5.91 Å². The van der Waals surface area contributed by atoms with E-state index in [1.807, 2.05) is 4.90 Å². The molecule has 102 valence electrons. The van der Waals surface area contributed by atoms with Crippen molar-refractivity contribution < 1.29 is 4.79 Å². The topological polar surface area (TPSA) is 32.3 Å². The molecular formula is C15H26N2O. The first-order valence-corrected chi connectivity index (χ1v) is 7.74. The van der Waals surface area contributed by atoms with Crippen LogP contribution >= 0.6 is 0 Å². The summed E-state index contributed by atoms with van der Waals surface area (Å²) in [5, 5.41) is 3.76. The molecule has 1 N–H and O–H groups in total. The monoisotopic (exact) mass is 250 g/mol. The molecule has 3 atom stereocenters. The molecule has 0 spiro atoms. The molecule has 3 heteroatoms. The van der Waals surface area contributed by atoms with Crippen LogP contribution in [0, 0.1) is 17.8 Å². The Kier molecular flexibility index (Phi) is 3.60. The van der Waals surface area contributed by atoms with Crippen molar-refractivity contribution in [3.8, 4) is 0 Å². The zero-order valence-corrected chi connectivity index (χ0v) is 11.5. The van der Waals surface area contributed by atoms with Crippen molar-refractivity contribution >= 4 is 5.91 Å². The van der Waals surface area contributed by atoms with E-state index in [1.54, 1.807) is 6.92 Å². The summed E-state index contributed by atoms with van der Waals surface area (Å²) < 4.78 is 0. The number of likely N-dealkylation sites (tertiary alicyclic amines) is 1. The van der Waals surface area contributed by atoms with Gasteiger partial charge in [0, 0.05) is 26.1 Å². The number of hydrogen-bond acceptors (Lipinski definition) is 2. The van der Waals surface area contributed by atoms with Crippen LogP contribution in [-0.2, 0) is 4.79 Å². The molecule has 0 aromatic rings. The van der Waals surface area contributed by atoms with Gasteiger partial charge in [-0.15, -0.1) is 0 Å². The highest BCUT2D eigenvalue weighted by molar-refractivity contribution is 5.73. The summed E-state index contributed by atoms with van der Waals surface area (Å²) in [6.45, 7) is 4.93. The Balaban J connectivity index is 1.58. The molecule has 1 saturated carbocycles. The Morgan fingerprint density at radius 2 is 1.78 bits per heavy atom. The quantitative estimate of drug-likeness (QED) is 0.772. The van der Waals surface area contributed by atoms with Crippen molar-refractivity contribution in [3.05, 3.63) is 0 Å². The standard InChI is InChI=1S/C15H26N2O/c1-11(18)17-8-6-12(7-9-17)14-10-16-15-5-3-2-4-13(14)15/h12-16H,2-10H2,1H3. The van der Waals surface area contributed by atoms with Crippen molar-refractivity contribution in [2.45, 2.75) is 51.5 Å². The van der Waals surface area contributed by atoms with Gasteiger partial charge in [0.1, 0.15) is 0 Å². The number of fused-ring (bicyclic) bond motifs is 1. The maximum Gasteiger partial charge on any atom is 0.219 e. The van der Waals surface area contributed by atoms with Crippen LogP contribution in [0.1, 0.15) is 45.4 Å². The average Bonchev–Trinajstić information content (AvgIpc) is 2.82. The van der Waals surface area contributed by atoms with E-state index >= 15 is 0 Å². The lowest BCUT2D eigenvalue weighted by molar-refractivity contribution is -0.130. The smallest absolute Gasteiger partial charge is 0.219 e. The fourth-order valence-corrected chi connectivity index (χ4v) is 4.52. The normalized spacial score (nSPS) is 37.6. The lowest BCUT2D eigenvalue weighted by Gasteiger charge is -2.38. The molecule has 3 aliphatic rings. The second-order valence-electron chi connectivity index (χ2n) is 6.47. The summed E-state index contributed by atoms with van der Waals surface area (Å²) in [5.74, 6) is 2.95. The van der Waals surface area contributed by atoms with E-state index in [0.29, 0.717) is 0 Å². The molecule has 2 saturated heterocycles. The lowest BCUT2D eigenvalue weighted by atomic mass is 9.72. The summed E-state index contributed by atoms with van der Waals surface area (Å²) in [6, 6.07) is 0.814.